The van der Waals surface area contributed by atoms with Gasteiger partial charge < -0.3 is 20.0 Å². The molecule has 2 aliphatic heterocycles. The van der Waals surface area contributed by atoms with E-state index in [9.17, 15) is 28.0 Å². The Balaban J connectivity index is 1.41. The zero-order chi connectivity index (χ0) is 30.3. The van der Waals surface area contributed by atoms with Gasteiger partial charge in [0, 0.05) is 60.4 Å². The maximum absolute atomic E-state index is 14.1. The van der Waals surface area contributed by atoms with Gasteiger partial charge in [-0.2, -0.15) is 0 Å². The number of anilines is 1. The molecular weight excluding hydrogens is 630 g/mol. The van der Waals surface area contributed by atoms with Crippen LogP contribution in [-0.2, 0) is 20.3 Å². The van der Waals surface area contributed by atoms with E-state index >= 15 is 0 Å². The molecule has 2 saturated heterocycles. The number of carbonyl (C=O) groups is 4. The first-order chi connectivity index (χ1) is 19.8. The van der Waals surface area contributed by atoms with Crippen LogP contribution >= 0.6 is 27.3 Å². The van der Waals surface area contributed by atoms with Crippen LogP contribution < -0.4 is 10.2 Å². The lowest BCUT2D eigenvalue weighted by molar-refractivity contribution is -0.144. The van der Waals surface area contributed by atoms with E-state index in [0.717, 1.165) is 22.7 Å². The molecular formula is C30H31BrF2N4O4S. The molecule has 1 aromatic heterocycles. The van der Waals surface area contributed by atoms with Crippen molar-refractivity contribution < 1.29 is 28.0 Å². The molecule has 0 spiro atoms. The minimum atomic E-state index is -3.02. The van der Waals surface area contributed by atoms with Crippen molar-refractivity contribution in [1.82, 2.24) is 15.1 Å². The van der Waals surface area contributed by atoms with E-state index in [4.69, 9.17) is 0 Å². The number of thiophene rings is 1. The topological polar surface area (TPSA) is 90.0 Å². The van der Waals surface area contributed by atoms with Gasteiger partial charge >= 0.3 is 0 Å². The van der Waals surface area contributed by atoms with Crippen molar-refractivity contribution in [2.24, 2.45) is 0 Å². The third-order valence-corrected chi connectivity index (χ3v) is 9.66. The van der Waals surface area contributed by atoms with Crippen LogP contribution in [0.25, 0.3) is 10.1 Å². The van der Waals surface area contributed by atoms with Gasteiger partial charge in [0.15, 0.2) is 0 Å². The van der Waals surface area contributed by atoms with Crippen LogP contribution in [0.15, 0.2) is 53.0 Å². The molecule has 42 heavy (non-hydrogen) atoms. The highest BCUT2D eigenvalue weighted by atomic mass is 79.9. The second kappa shape index (κ2) is 11.7. The Bertz CT molecular complexity index is 1540. The molecule has 3 aromatic rings. The van der Waals surface area contributed by atoms with Crippen LogP contribution in [0.4, 0.5) is 14.5 Å². The molecule has 0 aliphatic carbocycles. The molecule has 2 fully saturated rings. The minimum Gasteiger partial charge on any atom is -0.340 e. The Kier molecular flexibility index (Phi) is 8.39. The van der Waals surface area contributed by atoms with Crippen LogP contribution in [0.5, 0.6) is 0 Å². The quantitative estimate of drug-likeness (QED) is 0.410. The summed E-state index contributed by atoms with van der Waals surface area (Å²) < 4.78 is 29.2. The van der Waals surface area contributed by atoms with E-state index < -0.39 is 29.8 Å². The fourth-order valence-corrected chi connectivity index (χ4v) is 6.89. The summed E-state index contributed by atoms with van der Waals surface area (Å²) in [6.07, 6.45) is 1.60. The van der Waals surface area contributed by atoms with Crippen molar-refractivity contribution in [2.75, 3.05) is 25.0 Å². The number of halogens is 3. The summed E-state index contributed by atoms with van der Waals surface area (Å²) in [6.45, 7) is 2.58. The van der Waals surface area contributed by atoms with Crippen molar-refractivity contribution in [1.29, 1.82) is 0 Å². The molecule has 0 radical (unpaired) electrons. The molecule has 4 amide bonds. The zero-order valence-corrected chi connectivity index (χ0v) is 25.8. The number of carbonyl (C=O) groups excluding carboxylic acids is 4. The Morgan fingerprint density at radius 3 is 2.45 bits per heavy atom. The maximum atomic E-state index is 14.1. The lowest BCUT2D eigenvalue weighted by atomic mass is 10.1. The van der Waals surface area contributed by atoms with Crippen LogP contribution in [-0.4, -0.2) is 71.7 Å². The predicted molar refractivity (Wildman–Crippen MR) is 161 cm³/mol. The lowest BCUT2D eigenvalue weighted by Gasteiger charge is -2.39. The molecule has 0 unspecified atom stereocenters. The SMILES string of the molecule is CC(=O)N1CC[C@H]2CC[C@@H](C(=O)N(C)c3ccc(Br)cc3)N2C(=O)[C@@H](NC(=O)c2cc3cc(C(C)(F)F)ccc3s2)C1. The maximum Gasteiger partial charge on any atom is 0.270 e. The number of alkyl halides is 2. The van der Waals surface area contributed by atoms with E-state index in [1.807, 2.05) is 24.3 Å². The van der Waals surface area contributed by atoms with E-state index in [2.05, 4.69) is 21.2 Å². The predicted octanol–water partition coefficient (Wildman–Crippen LogP) is 5.15. The summed E-state index contributed by atoms with van der Waals surface area (Å²) in [4.78, 5) is 58.5. The van der Waals surface area contributed by atoms with Gasteiger partial charge in [-0.05, 0) is 67.1 Å². The van der Waals surface area contributed by atoms with Crippen molar-refractivity contribution >= 4 is 66.7 Å². The van der Waals surface area contributed by atoms with Gasteiger partial charge in [0.1, 0.15) is 12.1 Å². The molecule has 0 saturated carbocycles. The molecule has 12 heteroatoms. The number of likely N-dealkylation sites (N-methyl/N-ethyl adjacent to an activating group) is 1. The van der Waals surface area contributed by atoms with E-state index in [-0.39, 0.29) is 34.8 Å². The Hall–Kier alpha value is -3.38. The van der Waals surface area contributed by atoms with E-state index in [0.29, 0.717) is 41.6 Å². The van der Waals surface area contributed by atoms with Gasteiger partial charge in [-0.25, -0.2) is 8.78 Å². The second-order valence-electron chi connectivity index (χ2n) is 10.9. The minimum absolute atomic E-state index is 0.0380. The molecule has 2 aliphatic rings. The van der Waals surface area contributed by atoms with Crippen molar-refractivity contribution in [3.8, 4) is 0 Å². The molecule has 5 rings (SSSR count). The molecule has 3 atom stereocenters. The highest BCUT2D eigenvalue weighted by molar-refractivity contribution is 9.10. The van der Waals surface area contributed by atoms with Crippen LogP contribution in [0.1, 0.15) is 48.3 Å². The summed E-state index contributed by atoms with van der Waals surface area (Å²) >= 11 is 4.53. The summed E-state index contributed by atoms with van der Waals surface area (Å²) in [7, 11) is 1.67. The van der Waals surface area contributed by atoms with Gasteiger partial charge in [-0.15, -0.1) is 11.3 Å². The molecule has 2 aromatic carbocycles. The van der Waals surface area contributed by atoms with Crippen LogP contribution in [0.3, 0.4) is 0 Å². The normalized spacial score (nSPS) is 21.1. The summed E-state index contributed by atoms with van der Waals surface area (Å²) in [5.41, 5.74) is 0.531. The average molecular weight is 662 g/mol. The Morgan fingerprint density at radius 2 is 1.79 bits per heavy atom. The van der Waals surface area contributed by atoms with Crippen molar-refractivity contribution in [3.63, 3.8) is 0 Å². The van der Waals surface area contributed by atoms with Crippen molar-refractivity contribution in [3.05, 3.63) is 63.4 Å². The summed E-state index contributed by atoms with van der Waals surface area (Å²) in [5.74, 6) is -4.44. The smallest absolute Gasteiger partial charge is 0.270 e. The van der Waals surface area contributed by atoms with Gasteiger partial charge in [0.05, 0.1) is 4.88 Å². The van der Waals surface area contributed by atoms with Crippen LogP contribution in [0, 0.1) is 0 Å². The van der Waals surface area contributed by atoms with Gasteiger partial charge in [-0.1, -0.05) is 22.0 Å². The number of benzene rings is 2. The standard InChI is InChI=1S/C30H31BrF2N4O4S/c1-17(38)36-13-12-22-9-10-24(29(41)35(3)21-7-5-20(31)6-8-21)37(22)28(40)23(16-36)34-27(39)26-15-18-14-19(30(2,32)33)4-11-25(18)42-26/h4-8,11,14-15,22-24H,9-10,12-13,16H2,1-3H3,(H,34,39)/t22-,23+,24+/m1/s1. The highest BCUT2D eigenvalue weighted by Gasteiger charge is 2.46. The average Bonchev–Trinajstić information content (AvgIpc) is 3.56. The number of amides is 4. The monoisotopic (exact) mass is 660 g/mol. The number of fused-ring (bicyclic) bond motifs is 2. The number of nitrogens with one attached hydrogen (secondary N) is 1. The largest absolute Gasteiger partial charge is 0.340 e. The second-order valence-corrected chi connectivity index (χ2v) is 12.9. The van der Waals surface area contributed by atoms with Gasteiger partial charge in [0.25, 0.3) is 11.8 Å². The molecule has 3 heterocycles. The zero-order valence-electron chi connectivity index (χ0n) is 23.4. The third-order valence-electron chi connectivity index (χ3n) is 8.02. The van der Waals surface area contributed by atoms with Crippen molar-refractivity contribution in [2.45, 2.75) is 57.2 Å². The molecule has 1 N–H and O–H groups in total. The summed E-state index contributed by atoms with van der Waals surface area (Å²) in [6, 6.07) is 11.0. The Labute approximate surface area is 254 Å². The fourth-order valence-electron chi connectivity index (χ4n) is 5.68. The highest BCUT2D eigenvalue weighted by Crippen LogP contribution is 2.34. The first-order valence-corrected chi connectivity index (χ1v) is 15.3. The molecule has 222 valence electrons. The van der Waals surface area contributed by atoms with Gasteiger partial charge in [-0.3, -0.25) is 19.2 Å². The van der Waals surface area contributed by atoms with E-state index in [1.165, 1.54) is 30.0 Å². The molecule has 8 nitrogen and oxygen atoms in total. The fraction of sp³-hybridized carbons (Fsp3) is 0.400. The third kappa shape index (κ3) is 6.05. The number of hydrogen-bond donors (Lipinski definition) is 1. The van der Waals surface area contributed by atoms with Crippen LogP contribution in [0.2, 0.25) is 0 Å². The molecule has 0 bridgehead atoms. The lowest BCUT2D eigenvalue weighted by Crippen LogP contribution is -2.61. The van der Waals surface area contributed by atoms with E-state index in [1.54, 1.807) is 22.9 Å². The summed E-state index contributed by atoms with van der Waals surface area (Å²) in [5, 5.41) is 3.29. The Morgan fingerprint density at radius 1 is 1.07 bits per heavy atom. The first-order valence-electron chi connectivity index (χ1n) is 13.7. The number of hydrogen-bond acceptors (Lipinski definition) is 5. The number of rotatable bonds is 5. The first kappa shape index (κ1) is 30.1. The number of nitrogens with zero attached hydrogens (tertiary/aromatic N) is 3. The van der Waals surface area contributed by atoms with Gasteiger partial charge in [0.2, 0.25) is 17.7 Å².